The maximum Gasteiger partial charge on any atom is 0.139 e. The molecule has 3 atom stereocenters. The molecule has 0 saturated carbocycles. The zero-order valence-electron chi connectivity index (χ0n) is 12.6. The van der Waals surface area contributed by atoms with Gasteiger partial charge in [0.15, 0.2) is 0 Å². The third kappa shape index (κ3) is 2.22. The van der Waals surface area contributed by atoms with Gasteiger partial charge in [-0.1, -0.05) is 31.5 Å². The van der Waals surface area contributed by atoms with Gasteiger partial charge in [-0.2, -0.15) is 5.26 Å². The normalized spacial score (nSPS) is 34.2. The third-order valence-electron chi connectivity index (χ3n) is 5.10. The van der Waals surface area contributed by atoms with E-state index in [4.69, 9.17) is 21.1 Å². The molecule has 0 aliphatic carbocycles. The SMILES string of the molecule is CC(C)[C@@]12CC[C@](C)(O1)[C@@H](Oc1cccc(Cl)c1C#N)C2. The van der Waals surface area contributed by atoms with Crippen molar-refractivity contribution in [1.82, 2.24) is 0 Å². The van der Waals surface area contributed by atoms with Crippen molar-refractivity contribution in [1.29, 1.82) is 5.26 Å². The predicted molar refractivity (Wildman–Crippen MR) is 81.5 cm³/mol. The molecule has 3 rings (SSSR count). The Labute approximate surface area is 130 Å². The summed E-state index contributed by atoms with van der Waals surface area (Å²) in [5.74, 6) is 1.02. The number of hydrogen-bond acceptors (Lipinski definition) is 3. The molecule has 1 aromatic rings. The minimum atomic E-state index is -0.265. The lowest BCUT2D eigenvalue weighted by atomic mass is 9.75. The summed E-state index contributed by atoms with van der Waals surface area (Å²) >= 11 is 6.07. The van der Waals surface area contributed by atoms with Gasteiger partial charge in [-0.25, -0.2) is 0 Å². The number of nitriles is 1. The Morgan fingerprint density at radius 3 is 2.81 bits per heavy atom. The van der Waals surface area contributed by atoms with Crippen LogP contribution in [0.25, 0.3) is 0 Å². The highest BCUT2D eigenvalue weighted by Gasteiger charge is 2.61. The smallest absolute Gasteiger partial charge is 0.139 e. The molecule has 1 aromatic carbocycles. The number of fused-ring (bicyclic) bond motifs is 2. The van der Waals surface area contributed by atoms with Crippen molar-refractivity contribution in [3.63, 3.8) is 0 Å². The fourth-order valence-electron chi connectivity index (χ4n) is 3.60. The number of nitrogens with zero attached hydrogens (tertiary/aromatic N) is 1. The summed E-state index contributed by atoms with van der Waals surface area (Å²) in [4.78, 5) is 0. The van der Waals surface area contributed by atoms with Gasteiger partial charge in [0, 0.05) is 6.42 Å². The second kappa shape index (κ2) is 4.90. The highest BCUT2D eigenvalue weighted by molar-refractivity contribution is 6.31. The van der Waals surface area contributed by atoms with Gasteiger partial charge < -0.3 is 9.47 Å². The van der Waals surface area contributed by atoms with Crippen LogP contribution in [0.1, 0.15) is 45.6 Å². The van der Waals surface area contributed by atoms with Gasteiger partial charge >= 0.3 is 0 Å². The first kappa shape index (κ1) is 14.7. The molecule has 0 unspecified atom stereocenters. The van der Waals surface area contributed by atoms with Crippen LogP contribution in [-0.2, 0) is 4.74 Å². The maximum absolute atomic E-state index is 9.26. The summed E-state index contributed by atoms with van der Waals surface area (Å²) in [5.41, 5.74) is 0.0635. The standard InChI is InChI=1S/C17H20ClNO2/c1-11(2)17-8-7-16(3,21-17)15(9-17)20-14-6-4-5-13(18)12(14)10-19/h4-6,11,15H,7-9H2,1-3H3/t15-,16-,17-/m0/s1. The lowest BCUT2D eigenvalue weighted by Gasteiger charge is -2.32. The first-order valence-corrected chi connectivity index (χ1v) is 7.83. The maximum atomic E-state index is 9.26. The van der Waals surface area contributed by atoms with Crippen molar-refractivity contribution < 1.29 is 9.47 Å². The van der Waals surface area contributed by atoms with Crippen LogP contribution >= 0.6 is 11.6 Å². The van der Waals surface area contributed by atoms with E-state index in [2.05, 4.69) is 26.8 Å². The molecule has 2 saturated heterocycles. The summed E-state index contributed by atoms with van der Waals surface area (Å²) < 4.78 is 12.5. The molecule has 0 amide bonds. The monoisotopic (exact) mass is 305 g/mol. The molecule has 2 fully saturated rings. The summed E-state index contributed by atoms with van der Waals surface area (Å²) in [6, 6.07) is 7.46. The Hall–Kier alpha value is -1.24. The Morgan fingerprint density at radius 2 is 2.19 bits per heavy atom. The molecule has 2 bridgehead atoms. The Morgan fingerprint density at radius 1 is 1.43 bits per heavy atom. The van der Waals surface area contributed by atoms with Crippen molar-refractivity contribution in [2.45, 2.75) is 57.3 Å². The van der Waals surface area contributed by atoms with Crippen LogP contribution in [0.15, 0.2) is 18.2 Å². The van der Waals surface area contributed by atoms with Crippen molar-refractivity contribution >= 4 is 11.6 Å². The second-order valence-corrected chi connectivity index (χ2v) is 7.08. The van der Waals surface area contributed by atoms with Crippen LogP contribution < -0.4 is 4.74 Å². The van der Waals surface area contributed by atoms with E-state index in [0.29, 0.717) is 22.3 Å². The van der Waals surface area contributed by atoms with Gasteiger partial charge in [0.25, 0.3) is 0 Å². The van der Waals surface area contributed by atoms with Crippen molar-refractivity contribution in [2.75, 3.05) is 0 Å². The number of ether oxygens (including phenoxy) is 2. The molecule has 3 nitrogen and oxygen atoms in total. The van der Waals surface area contributed by atoms with Crippen LogP contribution in [0.5, 0.6) is 5.75 Å². The summed E-state index contributed by atoms with van der Waals surface area (Å²) in [6.45, 7) is 6.52. The van der Waals surface area contributed by atoms with E-state index >= 15 is 0 Å². The minimum Gasteiger partial charge on any atom is -0.486 e. The zero-order valence-corrected chi connectivity index (χ0v) is 13.4. The number of hydrogen-bond donors (Lipinski definition) is 0. The lowest BCUT2D eigenvalue weighted by molar-refractivity contribution is -0.0769. The third-order valence-corrected chi connectivity index (χ3v) is 5.42. The van der Waals surface area contributed by atoms with E-state index in [1.807, 2.05) is 12.1 Å². The van der Waals surface area contributed by atoms with E-state index in [-0.39, 0.29) is 17.3 Å². The van der Waals surface area contributed by atoms with E-state index in [0.717, 1.165) is 19.3 Å². The molecule has 0 radical (unpaired) electrons. The number of halogens is 1. The minimum absolute atomic E-state index is 0.0285. The van der Waals surface area contributed by atoms with Crippen molar-refractivity contribution in [3.8, 4) is 11.8 Å². The van der Waals surface area contributed by atoms with Gasteiger partial charge in [0.1, 0.15) is 29.1 Å². The zero-order chi connectivity index (χ0) is 15.3. The predicted octanol–water partition coefficient (Wildman–Crippen LogP) is 4.33. The van der Waals surface area contributed by atoms with Crippen molar-refractivity contribution in [3.05, 3.63) is 28.8 Å². The first-order chi connectivity index (χ1) is 9.90. The van der Waals surface area contributed by atoms with Crippen LogP contribution in [0.4, 0.5) is 0 Å². The molecule has 4 heteroatoms. The van der Waals surface area contributed by atoms with Gasteiger partial charge in [-0.3, -0.25) is 0 Å². The average molecular weight is 306 g/mol. The Kier molecular flexibility index (Phi) is 3.43. The van der Waals surface area contributed by atoms with Gasteiger partial charge in [-0.05, 0) is 37.8 Å². The van der Waals surface area contributed by atoms with Gasteiger partial charge in [-0.15, -0.1) is 0 Å². The van der Waals surface area contributed by atoms with Crippen LogP contribution in [0.2, 0.25) is 5.02 Å². The largest absolute Gasteiger partial charge is 0.486 e. The summed E-state index contributed by atoms with van der Waals surface area (Å²) in [6.07, 6.45) is 2.93. The molecule has 112 valence electrons. The molecule has 2 aliphatic rings. The second-order valence-electron chi connectivity index (χ2n) is 6.67. The Balaban J connectivity index is 1.88. The molecule has 2 aliphatic heterocycles. The van der Waals surface area contributed by atoms with E-state index in [9.17, 15) is 5.26 Å². The fraction of sp³-hybridized carbons (Fsp3) is 0.588. The topological polar surface area (TPSA) is 42.2 Å². The highest BCUT2D eigenvalue weighted by Crippen LogP contribution is 2.55. The molecule has 0 aromatic heterocycles. The average Bonchev–Trinajstić information content (AvgIpc) is 2.91. The summed E-state index contributed by atoms with van der Waals surface area (Å²) in [7, 11) is 0. The summed E-state index contributed by atoms with van der Waals surface area (Å²) in [5, 5.41) is 9.70. The van der Waals surface area contributed by atoms with Gasteiger partial charge in [0.05, 0.1) is 10.6 Å². The highest BCUT2D eigenvalue weighted by atomic mass is 35.5. The molecule has 0 N–H and O–H groups in total. The number of rotatable bonds is 3. The molecule has 0 spiro atoms. The van der Waals surface area contributed by atoms with E-state index in [1.54, 1.807) is 6.07 Å². The molecular weight excluding hydrogens is 286 g/mol. The van der Waals surface area contributed by atoms with Crippen LogP contribution in [0.3, 0.4) is 0 Å². The molecular formula is C17H20ClNO2. The van der Waals surface area contributed by atoms with Gasteiger partial charge in [0.2, 0.25) is 0 Å². The Bertz CT molecular complexity index is 609. The number of benzene rings is 1. The molecule has 21 heavy (non-hydrogen) atoms. The first-order valence-electron chi connectivity index (χ1n) is 7.46. The van der Waals surface area contributed by atoms with Crippen LogP contribution in [0, 0.1) is 17.2 Å². The fourth-order valence-corrected chi connectivity index (χ4v) is 3.81. The van der Waals surface area contributed by atoms with E-state index < -0.39 is 0 Å². The van der Waals surface area contributed by atoms with Crippen LogP contribution in [-0.4, -0.2) is 17.3 Å². The quantitative estimate of drug-likeness (QED) is 0.835. The molecule has 2 heterocycles. The lowest BCUT2D eigenvalue weighted by Crippen LogP contribution is -2.40. The van der Waals surface area contributed by atoms with Crippen molar-refractivity contribution in [2.24, 2.45) is 5.92 Å². The van der Waals surface area contributed by atoms with E-state index in [1.165, 1.54) is 0 Å².